The van der Waals surface area contributed by atoms with Crippen molar-refractivity contribution < 1.29 is 26.7 Å². The molecule has 3 rings (SSSR count). The molecule has 0 spiro atoms. The molecule has 2 aromatic rings. The highest BCUT2D eigenvalue weighted by Crippen LogP contribution is 2.34. The Hall–Kier alpha value is -1.38. The molecule has 0 bridgehead atoms. The van der Waals surface area contributed by atoms with E-state index in [9.17, 15) is 22.0 Å². The van der Waals surface area contributed by atoms with Crippen LogP contribution in [-0.4, -0.2) is 10.3 Å². The van der Waals surface area contributed by atoms with E-state index < -0.39 is 23.7 Å². The van der Waals surface area contributed by atoms with Crippen LogP contribution in [0.25, 0.3) is 11.1 Å². The van der Waals surface area contributed by atoms with E-state index in [-0.39, 0.29) is 5.56 Å². The minimum Gasteiger partial charge on any atom is -0.399 e. The number of benzene rings is 2. The molecule has 0 saturated heterocycles. The van der Waals surface area contributed by atoms with E-state index in [2.05, 4.69) is 27.3 Å². The number of rotatable bonds is 5. The van der Waals surface area contributed by atoms with Gasteiger partial charge in [-0.2, -0.15) is 0 Å². The van der Waals surface area contributed by atoms with Gasteiger partial charge in [-0.25, -0.2) is 8.78 Å². The Kier molecular flexibility index (Phi) is 6.83. The van der Waals surface area contributed by atoms with Crippen molar-refractivity contribution in [3.63, 3.8) is 0 Å². The van der Waals surface area contributed by atoms with Gasteiger partial charge in [-0.1, -0.05) is 46.9 Å². The molecule has 0 heterocycles. The maximum Gasteiger partial charge on any atom is 0.573 e. The Morgan fingerprint density at radius 1 is 0.893 bits per heavy atom. The highest BCUT2D eigenvalue weighted by Gasteiger charge is 2.34. The molecule has 0 unspecified atom stereocenters. The van der Waals surface area contributed by atoms with Crippen molar-refractivity contribution >= 4 is 22.6 Å². The number of alkyl halides is 4. The Bertz CT molecular complexity index is 772. The first-order valence-corrected chi connectivity index (χ1v) is 10.4. The summed E-state index contributed by atoms with van der Waals surface area (Å²) < 4.78 is 68.7. The quantitative estimate of drug-likeness (QED) is 0.231. The van der Waals surface area contributed by atoms with E-state index in [0.717, 1.165) is 40.4 Å². The van der Waals surface area contributed by atoms with E-state index in [1.165, 1.54) is 25.7 Å². The van der Waals surface area contributed by atoms with Crippen molar-refractivity contribution in [1.82, 2.24) is 0 Å². The molecule has 0 atom stereocenters. The lowest BCUT2D eigenvalue weighted by atomic mass is 9.85. The Morgan fingerprint density at radius 2 is 1.46 bits per heavy atom. The number of aryl methyl sites for hydroxylation is 1. The summed E-state index contributed by atoms with van der Waals surface area (Å²) in [5.41, 5.74) is 1.83. The van der Waals surface area contributed by atoms with Gasteiger partial charge in [0.1, 0.15) is 0 Å². The van der Waals surface area contributed by atoms with Crippen molar-refractivity contribution in [2.75, 3.05) is 0 Å². The molecule has 1 fully saturated rings. The standard InChI is InChI=1S/C21H20F5IO/c22-18-11-16(12-19(23)20(18)28-21(24,25)26)15-7-3-13(4-8-15)1-2-14-5-9-17(27)10-6-14/h3-4,7-8,11-12,14,17H,1-2,5-6,9-10H2. The third kappa shape index (κ3) is 5.81. The molecular weight excluding hydrogens is 490 g/mol. The van der Waals surface area contributed by atoms with Crippen LogP contribution in [0.15, 0.2) is 36.4 Å². The molecule has 1 aliphatic carbocycles. The van der Waals surface area contributed by atoms with Crippen LogP contribution < -0.4 is 4.74 Å². The second-order valence-corrected chi connectivity index (χ2v) is 8.93. The molecular formula is C21H20F5IO. The topological polar surface area (TPSA) is 9.23 Å². The maximum atomic E-state index is 13.9. The average molecular weight is 510 g/mol. The Labute approximate surface area is 174 Å². The van der Waals surface area contributed by atoms with Crippen molar-refractivity contribution in [1.29, 1.82) is 0 Å². The Balaban J connectivity index is 1.66. The third-order valence-electron chi connectivity index (χ3n) is 5.12. The van der Waals surface area contributed by atoms with E-state index in [1.54, 1.807) is 12.1 Å². The van der Waals surface area contributed by atoms with Crippen LogP contribution in [0.3, 0.4) is 0 Å². The molecule has 2 aromatic carbocycles. The van der Waals surface area contributed by atoms with Gasteiger partial charge in [0.25, 0.3) is 0 Å². The fourth-order valence-corrected chi connectivity index (χ4v) is 4.30. The van der Waals surface area contributed by atoms with E-state index >= 15 is 0 Å². The number of halogens is 6. The molecule has 0 aliphatic heterocycles. The number of hydrogen-bond donors (Lipinski definition) is 0. The van der Waals surface area contributed by atoms with E-state index in [1.807, 2.05) is 12.1 Å². The summed E-state index contributed by atoms with van der Waals surface area (Å²) in [6.07, 6.45) is 1.98. The predicted octanol–water partition coefficient (Wildman–Crippen LogP) is 7.46. The monoisotopic (exact) mass is 510 g/mol. The van der Waals surface area contributed by atoms with Gasteiger partial charge >= 0.3 is 6.36 Å². The van der Waals surface area contributed by atoms with Crippen molar-refractivity contribution in [2.24, 2.45) is 5.92 Å². The van der Waals surface area contributed by atoms with Crippen LogP contribution in [-0.2, 0) is 6.42 Å². The molecule has 0 N–H and O–H groups in total. The van der Waals surface area contributed by atoms with Gasteiger partial charge in [0.2, 0.25) is 5.75 Å². The van der Waals surface area contributed by atoms with Gasteiger partial charge in [0.05, 0.1) is 0 Å². The molecule has 0 amide bonds. The molecule has 1 nitrogen and oxygen atoms in total. The first-order chi connectivity index (χ1) is 13.2. The lowest BCUT2D eigenvalue weighted by Crippen LogP contribution is -2.19. The van der Waals surface area contributed by atoms with Crippen LogP contribution in [0.2, 0.25) is 0 Å². The van der Waals surface area contributed by atoms with Gasteiger partial charge in [0.15, 0.2) is 11.6 Å². The molecule has 152 valence electrons. The molecule has 1 saturated carbocycles. The van der Waals surface area contributed by atoms with Gasteiger partial charge in [-0.3, -0.25) is 0 Å². The number of ether oxygens (including phenoxy) is 1. The first kappa shape index (κ1) is 21.3. The van der Waals surface area contributed by atoms with Gasteiger partial charge in [0, 0.05) is 3.92 Å². The summed E-state index contributed by atoms with van der Waals surface area (Å²) in [5.74, 6) is -3.46. The van der Waals surface area contributed by atoms with Crippen LogP contribution in [0.4, 0.5) is 22.0 Å². The minimum absolute atomic E-state index is 0.163. The van der Waals surface area contributed by atoms with Crippen molar-refractivity contribution in [3.8, 4) is 16.9 Å². The Morgan fingerprint density at radius 3 is 2.00 bits per heavy atom. The SMILES string of the molecule is Fc1cc(-c2ccc(CCC3CCC(I)CC3)cc2)cc(F)c1OC(F)(F)F. The highest BCUT2D eigenvalue weighted by molar-refractivity contribution is 14.1. The fourth-order valence-electron chi connectivity index (χ4n) is 3.58. The molecule has 28 heavy (non-hydrogen) atoms. The smallest absolute Gasteiger partial charge is 0.399 e. The lowest BCUT2D eigenvalue weighted by molar-refractivity contribution is -0.276. The molecule has 0 aromatic heterocycles. The molecule has 1 aliphatic rings. The lowest BCUT2D eigenvalue weighted by Gasteiger charge is -2.25. The predicted molar refractivity (Wildman–Crippen MR) is 107 cm³/mol. The number of hydrogen-bond acceptors (Lipinski definition) is 1. The highest BCUT2D eigenvalue weighted by atomic mass is 127. The molecule has 0 radical (unpaired) electrons. The first-order valence-electron chi connectivity index (χ1n) is 9.19. The maximum absolute atomic E-state index is 13.9. The summed E-state index contributed by atoms with van der Waals surface area (Å²) >= 11 is 2.51. The van der Waals surface area contributed by atoms with Crippen LogP contribution in [0.1, 0.15) is 37.7 Å². The molecule has 7 heteroatoms. The largest absolute Gasteiger partial charge is 0.573 e. The summed E-state index contributed by atoms with van der Waals surface area (Å²) in [6, 6.07) is 8.96. The summed E-state index contributed by atoms with van der Waals surface area (Å²) in [4.78, 5) is 0. The van der Waals surface area contributed by atoms with Crippen molar-refractivity contribution in [3.05, 3.63) is 53.6 Å². The fraction of sp³-hybridized carbons (Fsp3) is 0.429. The summed E-state index contributed by atoms with van der Waals surface area (Å²) in [5, 5.41) is 0. The average Bonchev–Trinajstić information content (AvgIpc) is 2.64. The zero-order valence-corrected chi connectivity index (χ0v) is 17.2. The van der Waals surface area contributed by atoms with Crippen LogP contribution >= 0.6 is 22.6 Å². The van der Waals surface area contributed by atoms with Crippen LogP contribution in [0, 0.1) is 17.6 Å². The normalized spacial score (nSPS) is 20.2. The zero-order chi connectivity index (χ0) is 20.3. The minimum atomic E-state index is -5.15. The van der Waals surface area contributed by atoms with Crippen molar-refractivity contribution in [2.45, 2.75) is 48.8 Å². The second kappa shape index (κ2) is 8.97. The van der Waals surface area contributed by atoms with Gasteiger partial charge in [-0.15, -0.1) is 13.2 Å². The van der Waals surface area contributed by atoms with E-state index in [0.29, 0.717) is 5.56 Å². The third-order valence-corrected chi connectivity index (χ3v) is 6.37. The summed E-state index contributed by atoms with van der Waals surface area (Å²) in [7, 11) is 0. The van der Waals surface area contributed by atoms with E-state index in [4.69, 9.17) is 0 Å². The van der Waals surface area contributed by atoms with Gasteiger partial charge < -0.3 is 4.74 Å². The van der Waals surface area contributed by atoms with Gasteiger partial charge in [-0.05, 0) is 73.3 Å². The zero-order valence-electron chi connectivity index (χ0n) is 15.0. The summed E-state index contributed by atoms with van der Waals surface area (Å²) in [6.45, 7) is 0. The van der Waals surface area contributed by atoms with Crippen LogP contribution in [0.5, 0.6) is 5.75 Å². The second-order valence-electron chi connectivity index (χ2n) is 7.17.